The van der Waals surface area contributed by atoms with E-state index in [-0.39, 0.29) is 0 Å². The fraction of sp³-hybridized carbons (Fsp3) is 0.333. The van der Waals surface area contributed by atoms with E-state index in [4.69, 9.17) is 9.47 Å². The maximum absolute atomic E-state index is 14.9. The molecule has 0 aliphatic rings. The van der Waals surface area contributed by atoms with Crippen LogP contribution in [0.4, 0.5) is 4.39 Å². The molecule has 0 bridgehead atoms. The van der Waals surface area contributed by atoms with E-state index in [9.17, 15) is 14.0 Å². The summed E-state index contributed by atoms with van der Waals surface area (Å²) < 4.78 is 25.3. The van der Waals surface area contributed by atoms with E-state index in [2.05, 4.69) is 0 Å². The molecule has 0 amide bonds. The smallest absolute Gasteiger partial charge is 0.356 e. The molecular formula is C21H23FO4. The molecule has 2 aromatic carbocycles. The van der Waals surface area contributed by atoms with Gasteiger partial charge in [-0.1, -0.05) is 60.7 Å². The number of hydrogen-bond acceptors (Lipinski definition) is 4. The second-order valence-electron chi connectivity index (χ2n) is 7.11. The van der Waals surface area contributed by atoms with Crippen LogP contribution in [0.3, 0.4) is 0 Å². The second kappa shape index (κ2) is 7.68. The van der Waals surface area contributed by atoms with Crippen molar-refractivity contribution in [3.8, 4) is 0 Å². The Bertz CT molecular complexity index is 709. The minimum Gasteiger partial charge on any atom is -0.457 e. The monoisotopic (exact) mass is 358 g/mol. The molecule has 138 valence electrons. The van der Waals surface area contributed by atoms with Crippen LogP contribution in [0, 0.1) is 0 Å². The van der Waals surface area contributed by atoms with E-state index >= 15 is 0 Å². The average molecular weight is 358 g/mol. The van der Waals surface area contributed by atoms with Crippen molar-refractivity contribution in [2.75, 3.05) is 0 Å². The molecule has 0 unspecified atom stereocenters. The van der Waals surface area contributed by atoms with Crippen LogP contribution < -0.4 is 0 Å². The molecule has 2 rings (SSSR count). The summed E-state index contributed by atoms with van der Waals surface area (Å²) >= 11 is 0. The summed E-state index contributed by atoms with van der Waals surface area (Å²) in [4.78, 5) is 24.5. The zero-order valence-electron chi connectivity index (χ0n) is 15.4. The zero-order chi connectivity index (χ0) is 19.4. The van der Waals surface area contributed by atoms with Gasteiger partial charge in [0, 0.05) is 0 Å². The highest BCUT2D eigenvalue weighted by molar-refractivity contribution is 6.03. The molecule has 0 saturated carbocycles. The van der Waals surface area contributed by atoms with Crippen molar-refractivity contribution >= 4 is 11.9 Å². The first-order valence-electron chi connectivity index (χ1n) is 8.34. The number of esters is 2. The predicted octanol–water partition coefficient (Wildman–Crippen LogP) is 4.39. The molecule has 0 spiro atoms. The lowest BCUT2D eigenvalue weighted by Gasteiger charge is -2.26. The molecule has 0 aliphatic heterocycles. The molecule has 1 atom stereocenters. The van der Waals surface area contributed by atoms with E-state index in [0.717, 1.165) is 6.92 Å². The zero-order valence-corrected chi connectivity index (χ0v) is 15.4. The lowest BCUT2D eigenvalue weighted by atomic mass is 10.0. The first-order chi connectivity index (χ1) is 12.1. The standard InChI is InChI=1S/C21H23FO4/c1-20(2,3)26-19(24)21(4,22)18(23)25-17(15-11-7-5-8-12-15)16-13-9-6-10-14-16/h5-14,17H,1-4H3/t21-/m1/s1. The van der Waals surface area contributed by atoms with Gasteiger partial charge in [0.1, 0.15) is 5.60 Å². The van der Waals surface area contributed by atoms with Crippen LogP contribution in [0.5, 0.6) is 0 Å². The maximum Gasteiger partial charge on any atom is 0.356 e. The molecule has 0 heterocycles. The summed E-state index contributed by atoms with van der Waals surface area (Å²) in [5.74, 6) is -2.56. The predicted molar refractivity (Wildman–Crippen MR) is 96.2 cm³/mol. The highest BCUT2D eigenvalue weighted by Gasteiger charge is 2.47. The van der Waals surface area contributed by atoms with Crippen LogP contribution in [-0.4, -0.2) is 23.2 Å². The Morgan fingerprint density at radius 2 is 1.23 bits per heavy atom. The second-order valence-corrected chi connectivity index (χ2v) is 7.11. The minimum absolute atomic E-state index is 0.673. The van der Waals surface area contributed by atoms with Crippen LogP contribution in [0.2, 0.25) is 0 Å². The van der Waals surface area contributed by atoms with Crippen molar-refractivity contribution in [3.63, 3.8) is 0 Å². The van der Waals surface area contributed by atoms with Crippen molar-refractivity contribution in [2.24, 2.45) is 0 Å². The third-order valence-corrected chi connectivity index (χ3v) is 3.60. The number of ether oxygens (including phenoxy) is 2. The van der Waals surface area contributed by atoms with E-state index in [1.807, 2.05) is 12.1 Å². The van der Waals surface area contributed by atoms with Crippen molar-refractivity contribution in [2.45, 2.75) is 45.1 Å². The van der Waals surface area contributed by atoms with Crippen molar-refractivity contribution < 1.29 is 23.5 Å². The number of alkyl halides is 1. The quantitative estimate of drug-likeness (QED) is 0.588. The van der Waals surface area contributed by atoms with E-state index in [1.54, 1.807) is 69.3 Å². The van der Waals surface area contributed by atoms with Crippen molar-refractivity contribution in [1.29, 1.82) is 0 Å². The van der Waals surface area contributed by atoms with Gasteiger partial charge in [0.15, 0.2) is 6.10 Å². The molecule has 0 N–H and O–H groups in total. The molecular weight excluding hydrogens is 335 g/mol. The Labute approximate surface area is 152 Å². The Morgan fingerprint density at radius 3 is 1.62 bits per heavy atom. The topological polar surface area (TPSA) is 52.6 Å². The average Bonchev–Trinajstić information content (AvgIpc) is 2.59. The van der Waals surface area contributed by atoms with Crippen molar-refractivity contribution in [3.05, 3.63) is 71.8 Å². The molecule has 0 saturated heterocycles. The molecule has 2 aromatic rings. The van der Waals surface area contributed by atoms with Crippen LogP contribution in [0.25, 0.3) is 0 Å². The first kappa shape index (κ1) is 19.6. The normalized spacial score (nSPS) is 13.8. The Kier molecular flexibility index (Phi) is 5.80. The molecule has 0 fully saturated rings. The van der Waals surface area contributed by atoms with Crippen LogP contribution >= 0.6 is 0 Å². The van der Waals surface area contributed by atoms with Gasteiger partial charge in [-0.05, 0) is 38.8 Å². The highest BCUT2D eigenvalue weighted by Crippen LogP contribution is 2.29. The van der Waals surface area contributed by atoms with Gasteiger partial charge in [0.2, 0.25) is 0 Å². The van der Waals surface area contributed by atoms with Gasteiger partial charge >= 0.3 is 11.9 Å². The summed E-state index contributed by atoms with van der Waals surface area (Å²) in [7, 11) is 0. The van der Waals surface area contributed by atoms with E-state index in [1.165, 1.54) is 0 Å². The van der Waals surface area contributed by atoms with Gasteiger partial charge in [0.25, 0.3) is 5.67 Å². The largest absolute Gasteiger partial charge is 0.457 e. The number of benzene rings is 2. The SMILES string of the molecule is CC(C)(C)OC(=O)[C@](C)(F)C(=O)OC(c1ccccc1)c1ccccc1. The number of carbonyl (C=O) groups is 2. The van der Waals surface area contributed by atoms with Gasteiger partial charge in [-0.25, -0.2) is 14.0 Å². The fourth-order valence-electron chi connectivity index (χ4n) is 2.26. The third kappa shape index (κ3) is 4.91. The number of rotatable bonds is 5. The number of hydrogen-bond donors (Lipinski definition) is 0. The molecule has 4 nitrogen and oxygen atoms in total. The van der Waals surface area contributed by atoms with Gasteiger partial charge in [-0.15, -0.1) is 0 Å². The lowest BCUT2D eigenvalue weighted by Crippen LogP contribution is -2.45. The summed E-state index contributed by atoms with van der Waals surface area (Å²) in [6, 6.07) is 17.9. The minimum atomic E-state index is -2.91. The van der Waals surface area contributed by atoms with Crippen LogP contribution in [0.1, 0.15) is 44.9 Å². The van der Waals surface area contributed by atoms with Crippen molar-refractivity contribution in [1.82, 2.24) is 0 Å². The lowest BCUT2D eigenvalue weighted by molar-refractivity contribution is -0.182. The van der Waals surface area contributed by atoms with Gasteiger partial charge in [-0.2, -0.15) is 0 Å². The summed E-state index contributed by atoms with van der Waals surface area (Å²) in [6.07, 6.45) is -0.831. The highest BCUT2D eigenvalue weighted by atomic mass is 19.1. The Hall–Kier alpha value is -2.69. The molecule has 5 heteroatoms. The number of carbonyl (C=O) groups excluding carboxylic acids is 2. The van der Waals surface area contributed by atoms with Gasteiger partial charge in [0.05, 0.1) is 0 Å². The number of halogens is 1. The van der Waals surface area contributed by atoms with E-state index in [0.29, 0.717) is 11.1 Å². The fourth-order valence-corrected chi connectivity index (χ4v) is 2.26. The summed E-state index contributed by atoms with van der Waals surface area (Å²) in [6.45, 7) is 5.66. The summed E-state index contributed by atoms with van der Waals surface area (Å²) in [5.41, 5.74) is -2.47. The Balaban J connectivity index is 2.28. The summed E-state index contributed by atoms with van der Waals surface area (Å²) in [5, 5.41) is 0. The molecule has 0 aromatic heterocycles. The third-order valence-electron chi connectivity index (χ3n) is 3.60. The van der Waals surface area contributed by atoms with E-state index < -0.39 is 29.3 Å². The van der Waals surface area contributed by atoms with Crippen LogP contribution in [-0.2, 0) is 19.1 Å². The van der Waals surface area contributed by atoms with Gasteiger partial charge in [-0.3, -0.25) is 0 Å². The Morgan fingerprint density at radius 1 is 0.808 bits per heavy atom. The first-order valence-corrected chi connectivity index (χ1v) is 8.34. The molecule has 26 heavy (non-hydrogen) atoms. The van der Waals surface area contributed by atoms with Gasteiger partial charge < -0.3 is 9.47 Å². The van der Waals surface area contributed by atoms with Crippen LogP contribution in [0.15, 0.2) is 60.7 Å². The molecule has 0 aliphatic carbocycles. The maximum atomic E-state index is 14.9. The molecule has 0 radical (unpaired) electrons.